The fourth-order valence-corrected chi connectivity index (χ4v) is 2.37. The van der Waals surface area contributed by atoms with Crippen LogP contribution in [0.15, 0.2) is 24.3 Å². The fraction of sp³-hybridized carbons (Fsp3) is 0.417. The number of benzene rings is 1. The van der Waals surface area contributed by atoms with Crippen molar-refractivity contribution >= 4 is 11.6 Å². The maximum Gasteiger partial charge on any atom is 0.170 e. The molecule has 19 heavy (non-hydrogen) atoms. The lowest BCUT2D eigenvalue weighted by molar-refractivity contribution is 0.226. The van der Waals surface area contributed by atoms with E-state index in [-0.39, 0.29) is 0 Å². The summed E-state index contributed by atoms with van der Waals surface area (Å²) in [6.45, 7) is 4.81. The van der Waals surface area contributed by atoms with Crippen LogP contribution >= 0.6 is 11.6 Å². The van der Waals surface area contributed by atoms with Crippen molar-refractivity contribution in [3.8, 4) is 5.69 Å². The second-order valence-corrected chi connectivity index (χ2v) is 4.95. The molecule has 1 fully saturated rings. The molecule has 0 amide bonds. The molecule has 100 valence electrons. The number of halogens is 1. The molecule has 0 spiro atoms. The molecule has 7 heteroatoms. The predicted molar refractivity (Wildman–Crippen MR) is 72.3 cm³/mol. The van der Waals surface area contributed by atoms with Crippen LogP contribution < -0.4 is 5.32 Å². The summed E-state index contributed by atoms with van der Waals surface area (Å²) in [4.78, 5) is 2.34. The van der Waals surface area contributed by atoms with Crippen LogP contribution in [0.1, 0.15) is 5.82 Å². The first-order chi connectivity index (χ1) is 9.33. The molecular formula is C12H15ClN6. The maximum absolute atomic E-state index is 6.01. The molecule has 0 aliphatic carbocycles. The Balaban J connectivity index is 1.81. The number of nitrogens with one attached hydrogen (secondary N) is 1. The topological polar surface area (TPSA) is 58.9 Å². The summed E-state index contributed by atoms with van der Waals surface area (Å²) < 4.78 is 1.74. The molecule has 1 aromatic heterocycles. The Kier molecular flexibility index (Phi) is 3.72. The molecule has 1 aliphatic rings. The third-order valence-electron chi connectivity index (χ3n) is 3.16. The van der Waals surface area contributed by atoms with Crippen LogP contribution in [0.5, 0.6) is 0 Å². The fourth-order valence-electron chi connectivity index (χ4n) is 2.18. The van der Waals surface area contributed by atoms with Crippen molar-refractivity contribution in [3.05, 3.63) is 35.1 Å². The van der Waals surface area contributed by atoms with E-state index in [1.54, 1.807) is 4.68 Å². The molecule has 0 unspecified atom stereocenters. The lowest BCUT2D eigenvalue weighted by Crippen LogP contribution is -2.43. The minimum atomic E-state index is 0.682. The molecule has 1 N–H and O–H groups in total. The van der Waals surface area contributed by atoms with Crippen molar-refractivity contribution < 1.29 is 0 Å². The summed E-state index contributed by atoms with van der Waals surface area (Å²) >= 11 is 6.01. The first-order valence-electron chi connectivity index (χ1n) is 6.29. The van der Waals surface area contributed by atoms with Gasteiger partial charge in [-0.05, 0) is 28.6 Å². The molecular weight excluding hydrogens is 264 g/mol. The molecule has 6 nitrogen and oxygen atoms in total. The summed E-state index contributed by atoms with van der Waals surface area (Å²) in [6.07, 6.45) is 0. The van der Waals surface area contributed by atoms with Gasteiger partial charge in [-0.25, -0.2) is 0 Å². The van der Waals surface area contributed by atoms with E-state index < -0.39 is 0 Å². The number of piperazine rings is 1. The van der Waals surface area contributed by atoms with E-state index in [9.17, 15) is 0 Å². The third kappa shape index (κ3) is 2.91. The van der Waals surface area contributed by atoms with E-state index in [2.05, 4.69) is 25.7 Å². The largest absolute Gasteiger partial charge is 0.314 e. The van der Waals surface area contributed by atoms with Crippen molar-refractivity contribution in [2.24, 2.45) is 0 Å². The molecule has 1 aromatic carbocycles. The van der Waals surface area contributed by atoms with Gasteiger partial charge in [0.15, 0.2) is 5.82 Å². The summed E-state index contributed by atoms with van der Waals surface area (Å²) in [5.41, 5.74) is 0.891. The van der Waals surface area contributed by atoms with Crippen molar-refractivity contribution in [2.45, 2.75) is 6.54 Å². The maximum atomic E-state index is 6.01. The Morgan fingerprint density at radius 3 is 2.89 bits per heavy atom. The summed E-state index contributed by atoms with van der Waals surface area (Å²) in [7, 11) is 0. The van der Waals surface area contributed by atoms with E-state index in [0.29, 0.717) is 5.02 Å². The molecule has 0 radical (unpaired) electrons. The van der Waals surface area contributed by atoms with Crippen molar-refractivity contribution in [2.75, 3.05) is 26.2 Å². The predicted octanol–water partition coefficient (Wildman–Crippen LogP) is 0.721. The Morgan fingerprint density at radius 1 is 1.26 bits per heavy atom. The molecule has 2 aromatic rings. The van der Waals surface area contributed by atoms with E-state index in [0.717, 1.165) is 44.2 Å². The van der Waals surface area contributed by atoms with Crippen LogP contribution in [0.4, 0.5) is 0 Å². The first kappa shape index (κ1) is 12.5. The summed E-state index contributed by atoms with van der Waals surface area (Å²) in [6, 6.07) is 7.54. The summed E-state index contributed by atoms with van der Waals surface area (Å²) in [5.74, 6) is 0.837. The second-order valence-electron chi connectivity index (χ2n) is 4.51. The lowest BCUT2D eigenvalue weighted by atomic mass is 10.3. The van der Waals surface area contributed by atoms with Crippen LogP contribution in [0.3, 0.4) is 0 Å². The van der Waals surface area contributed by atoms with E-state index in [4.69, 9.17) is 11.6 Å². The van der Waals surface area contributed by atoms with Gasteiger partial charge in [0.05, 0.1) is 12.2 Å². The van der Waals surface area contributed by atoms with Gasteiger partial charge in [0.1, 0.15) is 0 Å². The van der Waals surface area contributed by atoms with Gasteiger partial charge in [-0.1, -0.05) is 17.7 Å². The molecule has 0 atom stereocenters. The van der Waals surface area contributed by atoms with Crippen LogP contribution in [-0.2, 0) is 6.54 Å². The Labute approximate surface area is 116 Å². The third-order valence-corrected chi connectivity index (χ3v) is 3.40. The zero-order valence-corrected chi connectivity index (χ0v) is 11.2. The van der Waals surface area contributed by atoms with Gasteiger partial charge in [0, 0.05) is 31.2 Å². The number of hydrogen-bond donors (Lipinski definition) is 1. The smallest absolute Gasteiger partial charge is 0.170 e. The molecule has 1 aliphatic heterocycles. The van der Waals surface area contributed by atoms with Gasteiger partial charge in [-0.3, -0.25) is 4.90 Å². The van der Waals surface area contributed by atoms with Crippen LogP contribution in [0.25, 0.3) is 5.69 Å². The van der Waals surface area contributed by atoms with Crippen molar-refractivity contribution in [1.29, 1.82) is 0 Å². The van der Waals surface area contributed by atoms with Gasteiger partial charge >= 0.3 is 0 Å². The highest BCUT2D eigenvalue weighted by atomic mass is 35.5. The first-order valence-corrected chi connectivity index (χ1v) is 6.67. The quantitative estimate of drug-likeness (QED) is 0.897. The Hall–Kier alpha value is -1.50. The van der Waals surface area contributed by atoms with Crippen LogP contribution in [-0.4, -0.2) is 51.3 Å². The molecule has 1 saturated heterocycles. The molecule has 0 saturated carbocycles. The second kappa shape index (κ2) is 5.64. The van der Waals surface area contributed by atoms with Crippen molar-refractivity contribution in [3.63, 3.8) is 0 Å². The van der Waals surface area contributed by atoms with Gasteiger partial charge in [-0.2, -0.15) is 4.68 Å². The standard InChI is InChI=1S/C12H15ClN6/c13-10-2-1-3-11(8-10)19-12(15-16-17-19)9-18-6-4-14-5-7-18/h1-3,8,14H,4-7,9H2. The zero-order valence-electron chi connectivity index (χ0n) is 10.5. The Bertz CT molecular complexity index is 549. The van der Waals surface area contributed by atoms with Crippen molar-refractivity contribution in [1.82, 2.24) is 30.4 Å². The van der Waals surface area contributed by atoms with Crippen LogP contribution in [0, 0.1) is 0 Å². The highest BCUT2D eigenvalue weighted by Gasteiger charge is 2.15. The number of nitrogens with zero attached hydrogens (tertiary/aromatic N) is 5. The lowest BCUT2D eigenvalue weighted by Gasteiger charge is -2.26. The van der Waals surface area contributed by atoms with Gasteiger partial charge in [0.25, 0.3) is 0 Å². The van der Waals surface area contributed by atoms with E-state index in [1.165, 1.54) is 0 Å². The normalized spacial score (nSPS) is 16.7. The zero-order chi connectivity index (χ0) is 13.1. The van der Waals surface area contributed by atoms with Gasteiger partial charge < -0.3 is 5.32 Å². The Morgan fingerprint density at radius 2 is 2.11 bits per heavy atom. The minimum Gasteiger partial charge on any atom is -0.314 e. The molecule has 3 rings (SSSR count). The summed E-state index contributed by atoms with van der Waals surface area (Å²) in [5, 5.41) is 15.9. The van der Waals surface area contributed by atoms with Gasteiger partial charge in [-0.15, -0.1) is 5.10 Å². The van der Waals surface area contributed by atoms with E-state index in [1.807, 2.05) is 24.3 Å². The molecule has 0 bridgehead atoms. The minimum absolute atomic E-state index is 0.682. The highest BCUT2D eigenvalue weighted by molar-refractivity contribution is 6.30. The highest BCUT2D eigenvalue weighted by Crippen LogP contribution is 2.15. The monoisotopic (exact) mass is 278 g/mol. The number of hydrogen-bond acceptors (Lipinski definition) is 5. The average molecular weight is 279 g/mol. The number of rotatable bonds is 3. The van der Waals surface area contributed by atoms with Gasteiger partial charge in [0.2, 0.25) is 0 Å². The number of tetrazole rings is 1. The van der Waals surface area contributed by atoms with Crippen LogP contribution in [0.2, 0.25) is 5.02 Å². The SMILES string of the molecule is Clc1cccc(-n2nnnc2CN2CCNCC2)c1. The van der Waals surface area contributed by atoms with E-state index >= 15 is 0 Å². The average Bonchev–Trinajstić information content (AvgIpc) is 2.88. The molecule has 2 heterocycles. The number of aromatic nitrogens is 4.